The molecule has 1 N–H and O–H groups in total. The quantitative estimate of drug-likeness (QED) is 0.804. The van der Waals surface area contributed by atoms with Crippen LogP contribution >= 0.6 is 11.6 Å². The maximum Gasteiger partial charge on any atom is 0.251 e. The summed E-state index contributed by atoms with van der Waals surface area (Å²) in [7, 11) is 0. The molecule has 0 heterocycles. The van der Waals surface area contributed by atoms with Crippen molar-refractivity contribution < 1.29 is 4.79 Å². The van der Waals surface area contributed by atoms with Crippen LogP contribution in [-0.2, 0) is 0 Å². The molecular formula is C13H18ClNO. The van der Waals surface area contributed by atoms with Crippen molar-refractivity contribution in [2.75, 3.05) is 5.88 Å². The Bertz CT molecular complexity index is 376. The maximum atomic E-state index is 11.9. The van der Waals surface area contributed by atoms with Gasteiger partial charge in [0, 0.05) is 17.5 Å². The summed E-state index contributed by atoms with van der Waals surface area (Å²) < 4.78 is 0. The van der Waals surface area contributed by atoms with Crippen molar-refractivity contribution in [3.8, 4) is 0 Å². The van der Waals surface area contributed by atoms with Gasteiger partial charge in [-0.2, -0.15) is 0 Å². The van der Waals surface area contributed by atoms with E-state index in [2.05, 4.69) is 5.32 Å². The summed E-state index contributed by atoms with van der Waals surface area (Å²) in [6.45, 7) is 5.93. The first-order chi connectivity index (χ1) is 7.54. The van der Waals surface area contributed by atoms with Crippen LogP contribution in [0.5, 0.6) is 0 Å². The average molecular weight is 240 g/mol. The summed E-state index contributed by atoms with van der Waals surface area (Å²) in [6, 6.07) is 5.95. The molecule has 3 heteroatoms. The molecule has 0 fully saturated rings. The van der Waals surface area contributed by atoms with E-state index < -0.39 is 0 Å². The minimum Gasteiger partial charge on any atom is -0.350 e. The van der Waals surface area contributed by atoms with Gasteiger partial charge in [0.1, 0.15) is 0 Å². The predicted molar refractivity (Wildman–Crippen MR) is 68.2 cm³/mol. The van der Waals surface area contributed by atoms with Crippen molar-refractivity contribution in [1.82, 2.24) is 5.32 Å². The minimum absolute atomic E-state index is 0.0184. The molecule has 0 saturated carbocycles. The SMILES string of the molecule is Cc1ccc(C(=O)NC(C)CCCl)c(C)c1. The molecule has 0 saturated heterocycles. The Morgan fingerprint density at radius 1 is 1.44 bits per heavy atom. The number of halogens is 1. The first kappa shape index (κ1) is 13.0. The van der Waals surface area contributed by atoms with Gasteiger partial charge in [0.2, 0.25) is 0 Å². The molecule has 0 aromatic heterocycles. The first-order valence-corrected chi connectivity index (χ1v) is 6.02. The van der Waals surface area contributed by atoms with Crippen LogP contribution in [0.15, 0.2) is 18.2 Å². The van der Waals surface area contributed by atoms with Crippen molar-refractivity contribution in [1.29, 1.82) is 0 Å². The van der Waals surface area contributed by atoms with E-state index in [-0.39, 0.29) is 11.9 Å². The fraction of sp³-hybridized carbons (Fsp3) is 0.462. The lowest BCUT2D eigenvalue weighted by Crippen LogP contribution is -2.33. The molecule has 0 spiro atoms. The van der Waals surface area contributed by atoms with Gasteiger partial charge in [-0.1, -0.05) is 17.7 Å². The van der Waals surface area contributed by atoms with Gasteiger partial charge in [0.05, 0.1) is 0 Å². The Labute approximate surface area is 102 Å². The second kappa shape index (κ2) is 5.90. The smallest absolute Gasteiger partial charge is 0.251 e. The second-order valence-electron chi connectivity index (χ2n) is 4.17. The number of benzene rings is 1. The van der Waals surface area contributed by atoms with Gasteiger partial charge in [-0.25, -0.2) is 0 Å². The molecule has 1 amide bonds. The normalized spacial score (nSPS) is 12.2. The van der Waals surface area contributed by atoms with Crippen LogP contribution in [-0.4, -0.2) is 17.8 Å². The van der Waals surface area contributed by atoms with E-state index in [9.17, 15) is 4.79 Å². The number of alkyl halides is 1. The topological polar surface area (TPSA) is 29.1 Å². The number of carbonyl (C=O) groups excluding carboxylic acids is 1. The van der Waals surface area contributed by atoms with Crippen LogP contribution < -0.4 is 5.32 Å². The molecule has 0 aliphatic heterocycles. The van der Waals surface area contributed by atoms with Crippen LogP contribution in [0, 0.1) is 13.8 Å². The van der Waals surface area contributed by atoms with Gasteiger partial charge in [-0.05, 0) is 38.8 Å². The summed E-state index contributed by atoms with van der Waals surface area (Å²) in [6.07, 6.45) is 0.790. The van der Waals surface area contributed by atoms with Gasteiger partial charge in [-0.3, -0.25) is 4.79 Å². The van der Waals surface area contributed by atoms with Crippen LogP contribution in [0.2, 0.25) is 0 Å². The Morgan fingerprint density at radius 2 is 2.12 bits per heavy atom. The highest BCUT2D eigenvalue weighted by atomic mass is 35.5. The van der Waals surface area contributed by atoms with E-state index in [1.807, 2.05) is 39.0 Å². The van der Waals surface area contributed by atoms with Crippen molar-refractivity contribution in [2.24, 2.45) is 0 Å². The van der Waals surface area contributed by atoms with Crippen molar-refractivity contribution in [2.45, 2.75) is 33.2 Å². The number of hydrogen-bond donors (Lipinski definition) is 1. The molecule has 1 rings (SSSR count). The average Bonchev–Trinajstić information content (AvgIpc) is 2.17. The monoisotopic (exact) mass is 239 g/mol. The van der Waals surface area contributed by atoms with Crippen molar-refractivity contribution >= 4 is 17.5 Å². The zero-order valence-corrected chi connectivity index (χ0v) is 10.8. The molecular weight excluding hydrogens is 222 g/mol. The fourth-order valence-corrected chi connectivity index (χ4v) is 1.93. The van der Waals surface area contributed by atoms with E-state index in [0.29, 0.717) is 5.88 Å². The number of rotatable bonds is 4. The zero-order chi connectivity index (χ0) is 12.1. The van der Waals surface area contributed by atoms with Crippen LogP contribution in [0.25, 0.3) is 0 Å². The summed E-state index contributed by atoms with van der Waals surface area (Å²) in [5.41, 5.74) is 2.92. The molecule has 1 unspecified atom stereocenters. The van der Waals surface area contributed by atoms with Crippen LogP contribution in [0.1, 0.15) is 34.8 Å². The van der Waals surface area contributed by atoms with Gasteiger partial charge in [-0.15, -0.1) is 11.6 Å². The lowest BCUT2D eigenvalue weighted by atomic mass is 10.0. The molecule has 0 radical (unpaired) electrons. The van der Waals surface area contributed by atoms with E-state index in [0.717, 1.165) is 17.5 Å². The van der Waals surface area contributed by atoms with Gasteiger partial charge in [0.15, 0.2) is 0 Å². The highest BCUT2D eigenvalue weighted by Gasteiger charge is 2.11. The van der Waals surface area contributed by atoms with E-state index >= 15 is 0 Å². The number of carbonyl (C=O) groups is 1. The Kier molecular flexibility index (Phi) is 4.81. The van der Waals surface area contributed by atoms with E-state index in [1.165, 1.54) is 5.56 Å². The molecule has 0 bridgehead atoms. The molecule has 88 valence electrons. The standard InChI is InChI=1S/C13H18ClNO/c1-9-4-5-12(10(2)8-9)13(16)15-11(3)6-7-14/h4-5,8,11H,6-7H2,1-3H3,(H,15,16). The number of aryl methyl sites for hydroxylation is 2. The van der Waals surface area contributed by atoms with E-state index in [4.69, 9.17) is 11.6 Å². The number of nitrogens with one attached hydrogen (secondary N) is 1. The fourth-order valence-electron chi connectivity index (χ4n) is 1.61. The van der Waals surface area contributed by atoms with Gasteiger partial charge in [0.25, 0.3) is 5.91 Å². The molecule has 1 aromatic carbocycles. The molecule has 16 heavy (non-hydrogen) atoms. The lowest BCUT2D eigenvalue weighted by molar-refractivity contribution is 0.0939. The molecule has 1 atom stereocenters. The summed E-state index contributed by atoms with van der Waals surface area (Å²) in [5.74, 6) is 0.545. The van der Waals surface area contributed by atoms with Gasteiger partial charge >= 0.3 is 0 Å². The third kappa shape index (κ3) is 3.53. The Morgan fingerprint density at radius 3 is 2.69 bits per heavy atom. The summed E-state index contributed by atoms with van der Waals surface area (Å²) >= 11 is 5.63. The number of amides is 1. The Balaban J connectivity index is 2.73. The van der Waals surface area contributed by atoms with Gasteiger partial charge < -0.3 is 5.32 Å². The number of hydrogen-bond acceptors (Lipinski definition) is 1. The third-order valence-corrected chi connectivity index (χ3v) is 2.76. The minimum atomic E-state index is -0.0184. The largest absolute Gasteiger partial charge is 0.350 e. The van der Waals surface area contributed by atoms with Crippen LogP contribution in [0.3, 0.4) is 0 Å². The van der Waals surface area contributed by atoms with Crippen molar-refractivity contribution in [3.05, 3.63) is 34.9 Å². The maximum absolute atomic E-state index is 11.9. The summed E-state index contributed by atoms with van der Waals surface area (Å²) in [4.78, 5) is 11.9. The second-order valence-corrected chi connectivity index (χ2v) is 4.55. The summed E-state index contributed by atoms with van der Waals surface area (Å²) in [5, 5.41) is 2.93. The lowest BCUT2D eigenvalue weighted by Gasteiger charge is -2.13. The highest BCUT2D eigenvalue weighted by Crippen LogP contribution is 2.10. The highest BCUT2D eigenvalue weighted by molar-refractivity contribution is 6.17. The van der Waals surface area contributed by atoms with E-state index in [1.54, 1.807) is 0 Å². The molecule has 2 nitrogen and oxygen atoms in total. The zero-order valence-electron chi connectivity index (χ0n) is 10.0. The Hall–Kier alpha value is -1.02. The van der Waals surface area contributed by atoms with Crippen molar-refractivity contribution in [3.63, 3.8) is 0 Å². The molecule has 0 aliphatic rings. The predicted octanol–water partition coefficient (Wildman–Crippen LogP) is 3.05. The molecule has 1 aromatic rings. The third-order valence-electron chi connectivity index (χ3n) is 2.55. The first-order valence-electron chi connectivity index (χ1n) is 5.48. The molecule has 0 aliphatic carbocycles. The van der Waals surface area contributed by atoms with Crippen LogP contribution in [0.4, 0.5) is 0 Å².